The molecule has 0 aliphatic heterocycles. The maximum atomic E-state index is 6.00. The quantitative estimate of drug-likeness (QED) is 0.869. The van der Waals surface area contributed by atoms with Gasteiger partial charge in [0, 0.05) is 24.0 Å². The molecule has 1 unspecified atom stereocenters. The first kappa shape index (κ1) is 10.2. The molecule has 0 radical (unpaired) electrons. The predicted octanol–water partition coefficient (Wildman–Crippen LogP) is 2.57. The lowest BCUT2D eigenvalue weighted by atomic mass is 10.0. The van der Waals surface area contributed by atoms with Gasteiger partial charge in [-0.25, -0.2) is 0 Å². The van der Waals surface area contributed by atoms with Crippen molar-refractivity contribution in [3.05, 3.63) is 53.2 Å². The Balaban J connectivity index is 2.13. The van der Waals surface area contributed by atoms with E-state index < -0.39 is 0 Å². The molecule has 0 amide bonds. The van der Waals surface area contributed by atoms with Crippen LogP contribution in [0.25, 0.3) is 0 Å². The lowest BCUT2D eigenvalue weighted by Gasteiger charge is -2.09. The van der Waals surface area contributed by atoms with E-state index in [-0.39, 0.29) is 6.04 Å². The zero-order chi connectivity index (χ0) is 10.7. The average molecular weight is 223 g/mol. The smallest absolute Gasteiger partial charge is 0.0950 e. The third-order valence-corrected chi connectivity index (χ3v) is 2.61. The number of hydrogen-bond acceptors (Lipinski definition) is 3. The van der Waals surface area contributed by atoms with E-state index in [1.807, 2.05) is 12.1 Å². The third kappa shape index (κ3) is 2.37. The number of pyridine rings is 1. The van der Waals surface area contributed by atoms with Gasteiger partial charge < -0.3 is 10.2 Å². The summed E-state index contributed by atoms with van der Waals surface area (Å²) >= 11 is 5.99. The van der Waals surface area contributed by atoms with Crippen LogP contribution in [-0.4, -0.2) is 4.98 Å². The molecule has 0 bridgehead atoms. The first-order chi connectivity index (χ1) is 7.27. The topological polar surface area (TPSA) is 52.0 Å². The van der Waals surface area contributed by atoms with Crippen molar-refractivity contribution in [2.75, 3.05) is 0 Å². The number of nitrogens with two attached hydrogens (primary N) is 1. The van der Waals surface area contributed by atoms with Crippen LogP contribution in [-0.2, 0) is 6.42 Å². The normalized spacial score (nSPS) is 12.7. The molecule has 0 saturated heterocycles. The molecule has 3 nitrogen and oxygen atoms in total. The van der Waals surface area contributed by atoms with Crippen LogP contribution in [0.4, 0.5) is 0 Å². The van der Waals surface area contributed by atoms with Crippen molar-refractivity contribution in [3.8, 4) is 0 Å². The summed E-state index contributed by atoms with van der Waals surface area (Å²) in [5.41, 5.74) is 7.98. The second-order valence-electron chi connectivity index (χ2n) is 3.33. The second kappa shape index (κ2) is 4.47. The molecule has 2 aromatic heterocycles. The maximum absolute atomic E-state index is 6.00. The standard InChI is InChI=1S/C11H11ClN2O/c12-10-6-14-3-1-8(10)5-11(13)9-2-4-15-7-9/h1-4,6-7,11H,5,13H2. The number of rotatable bonds is 3. The van der Waals surface area contributed by atoms with Crippen LogP contribution >= 0.6 is 11.6 Å². The molecule has 0 aliphatic rings. The van der Waals surface area contributed by atoms with Crippen molar-refractivity contribution in [1.29, 1.82) is 0 Å². The predicted molar refractivity (Wildman–Crippen MR) is 58.6 cm³/mol. The summed E-state index contributed by atoms with van der Waals surface area (Å²) in [6.45, 7) is 0. The lowest BCUT2D eigenvalue weighted by molar-refractivity contribution is 0.558. The van der Waals surface area contributed by atoms with Crippen LogP contribution in [0, 0.1) is 0 Å². The highest BCUT2D eigenvalue weighted by Crippen LogP contribution is 2.21. The molecule has 0 aliphatic carbocycles. The first-order valence-corrected chi connectivity index (χ1v) is 5.01. The van der Waals surface area contributed by atoms with Crippen molar-refractivity contribution < 1.29 is 4.42 Å². The molecular weight excluding hydrogens is 212 g/mol. The fraction of sp³-hybridized carbons (Fsp3) is 0.182. The van der Waals surface area contributed by atoms with Crippen molar-refractivity contribution in [3.63, 3.8) is 0 Å². The number of aromatic nitrogens is 1. The van der Waals surface area contributed by atoms with Crippen LogP contribution < -0.4 is 5.73 Å². The summed E-state index contributed by atoms with van der Waals surface area (Å²) in [7, 11) is 0. The Labute approximate surface area is 92.9 Å². The Hall–Kier alpha value is -1.32. The first-order valence-electron chi connectivity index (χ1n) is 4.63. The molecule has 15 heavy (non-hydrogen) atoms. The van der Waals surface area contributed by atoms with Gasteiger partial charge in [-0.15, -0.1) is 0 Å². The minimum Gasteiger partial charge on any atom is -0.472 e. The SMILES string of the molecule is NC(Cc1ccncc1Cl)c1ccoc1. The Morgan fingerprint density at radius 1 is 1.47 bits per heavy atom. The fourth-order valence-corrected chi connectivity index (χ4v) is 1.61. The van der Waals surface area contributed by atoms with E-state index in [0.29, 0.717) is 11.4 Å². The van der Waals surface area contributed by atoms with Crippen molar-refractivity contribution >= 4 is 11.6 Å². The van der Waals surface area contributed by atoms with Gasteiger partial charge in [0.15, 0.2) is 0 Å². The van der Waals surface area contributed by atoms with Gasteiger partial charge in [-0.1, -0.05) is 11.6 Å². The molecule has 2 aromatic rings. The van der Waals surface area contributed by atoms with Gasteiger partial charge in [0.05, 0.1) is 17.5 Å². The van der Waals surface area contributed by atoms with Crippen LogP contribution in [0.15, 0.2) is 41.5 Å². The maximum Gasteiger partial charge on any atom is 0.0950 e. The van der Waals surface area contributed by atoms with Gasteiger partial charge in [0.2, 0.25) is 0 Å². The summed E-state index contributed by atoms with van der Waals surface area (Å²) in [6, 6.07) is 3.64. The summed E-state index contributed by atoms with van der Waals surface area (Å²) in [5, 5.41) is 0.649. The van der Waals surface area contributed by atoms with E-state index in [1.54, 1.807) is 24.9 Å². The van der Waals surface area contributed by atoms with E-state index in [0.717, 1.165) is 11.1 Å². The third-order valence-electron chi connectivity index (χ3n) is 2.27. The number of nitrogens with zero attached hydrogens (tertiary/aromatic N) is 1. The fourth-order valence-electron chi connectivity index (χ4n) is 1.41. The molecular formula is C11H11ClN2O. The van der Waals surface area contributed by atoms with Gasteiger partial charge in [0.1, 0.15) is 0 Å². The Bertz CT molecular complexity index is 428. The molecule has 0 aromatic carbocycles. The summed E-state index contributed by atoms with van der Waals surface area (Å²) < 4.78 is 4.98. The molecule has 1 atom stereocenters. The number of furan rings is 1. The van der Waals surface area contributed by atoms with Gasteiger partial charge in [0.25, 0.3) is 0 Å². The van der Waals surface area contributed by atoms with Crippen molar-refractivity contribution in [2.24, 2.45) is 5.73 Å². The highest BCUT2D eigenvalue weighted by Gasteiger charge is 2.10. The number of halogens is 1. The Kier molecular flexibility index (Phi) is 3.04. The van der Waals surface area contributed by atoms with Crippen LogP contribution in [0.3, 0.4) is 0 Å². The largest absolute Gasteiger partial charge is 0.472 e. The summed E-state index contributed by atoms with van der Waals surface area (Å²) in [4.78, 5) is 3.92. The van der Waals surface area contributed by atoms with E-state index >= 15 is 0 Å². The van der Waals surface area contributed by atoms with E-state index in [1.165, 1.54) is 0 Å². The molecule has 2 heterocycles. The average Bonchev–Trinajstić information content (AvgIpc) is 2.74. The molecule has 2 N–H and O–H groups in total. The zero-order valence-electron chi connectivity index (χ0n) is 8.06. The zero-order valence-corrected chi connectivity index (χ0v) is 8.82. The van der Waals surface area contributed by atoms with Crippen LogP contribution in [0.5, 0.6) is 0 Å². The summed E-state index contributed by atoms with van der Waals surface area (Å²) in [5.74, 6) is 0. The lowest BCUT2D eigenvalue weighted by Crippen LogP contribution is -2.12. The van der Waals surface area contributed by atoms with Gasteiger partial charge >= 0.3 is 0 Å². The van der Waals surface area contributed by atoms with Crippen molar-refractivity contribution in [1.82, 2.24) is 4.98 Å². The molecule has 78 valence electrons. The van der Waals surface area contributed by atoms with E-state index in [9.17, 15) is 0 Å². The summed E-state index contributed by atoms with van der Waals surface area (Å²) in [6.07, 6.45) is 7.28. The minimum absolute atomic E-state index is 0.0938. The molecule has 0 spiro atoms. The van der Waals surface area contributed by atoms with E-state index in [2.05, 4.69) is 4.98 Å². The highest BCUT2D eigenvalue weighted by atomic mass is 35.5. The highest BCUT2D eigenvalue weighted by molar-refractivity contribution is 6.31. The monoisotopic (exact) mass is 222 g/mol. The number of hydrogen-bond donors (Lipinski definition) is 1. The van der Waals surface area contributed by atoms with E-state index in [4.69, 9.17) is 21.8 Å². The Morgan fingerprint density at radius 3 is 3.00 bits per heavy atom. The molecule has 0 saturated carbocycles. The molecule has 4 heteroatoms. The minimum atomic E-state index is -0.0938. The second-order valence-corrected chi connectivity index (χ2v) is 3.74. The van der Waals surface area contributed by atoms with Crippen LogP contribution in [0.1, 0.15) is 17.2 Å². The molecule has 0 fully saturated rings. The van der Waals surface area contributed by atoms with Crippen LogP contribution in [0.2, 0.25) is 5.02 Å². The van der Waals surface area contributed by atoms with Crippen molar-refractivity contribution in [2.45, 2.75) is 12.5 Å². The van der Waals surface area contributed by atoms with Gasteiger partial charge in [-0.05, 0) is 24.1 Å². The van der Waals surface area contributed by atoms with Gasteiger partial charge in [-0.3, -0.25) is 4.98 Å². The molecule has 2 rings (SSSR count). The Morgan fingerprint density at radius 2 is 2.33 bits per heavy atom. The van der Waals surface area contributed by atoms with Gasteiger partial charge in [-0.2, -0.15) is 0 Å².